The third kappa shape index (κ3) is 2.32. The highest BCUT2D eigenvalue weighted by Crippen LogP contribution is 2.21. The Morgan fingerprint density at radius 2 is 1.89 bits per heavy atom. The smallest absolute Gasteiger partial charge is 0.211 e. The lowest BCUT2D eigenvalue weighted by Gasteiger charge is -1.99. The summed E-state index contributed by atoms with van der Waals surface area (Å²) >= 11 is 0. The fraction of sp³-hybridized carbons (Fsp3) is 0.143. The Morgan fingerprint density at radius 1 is 1.11 bits per heavy atom. The van der Waals surface area contributed by atoms with E-state index >= 15 is 0 Å². The molecular formula is C14H12FN3O. The van der Waals surface area contributed by atoms with Gasteiger partial charge in [0.1, 0.15) is 5.82 Å². The van der Waals surface area contributed by atoms with E-state index in [4.69, 9.17) is 4.42 Å². The Labute approximate surface area is 109 Å². The second-order valence-electron chi connectivity index (χ2n) is 4.16. The number of nitrogens with one attached hydrogen (secondary N) is 1. The van der Waals surface area contributed by atoms with Gasteiger partial charge in [-0.1, -0.05) is 0 Å². The summed E-state index contributed by atoms with van der Waals surface area (Å²) < 4.78 is 18.4. The first kappa shape index (κ1) is 11.8. The standard InChI is InChI=1S/C14H12FN3O/c1-16-8-13-18-14-12(19-13)7-6-11(17-14)9-2-4-10(15)5-3-9/h2-7,16H,8H2,1H3. The predicted octanol–water partition coefficient (Wildman–Crippen LogP) is 2.75. The molecule has 0 spiro atoms. The average Bonchev–Trinajstić information content (AvgIpc) is 2.81. The lowest BCUT2D eigenvalue weighted by atomic mass is 10.1. The highest BCUT2D eigenvalue weighted by molar-refractivity contribution is 5.73. The number of oxazole rings is 1. The van der Waals surface area contributed by atoms with Crippen molar-refractivity contribution in [3.05, 3.63) is 48.1 Å². The van der Waals surface area contributed by atoms with Gasteiger partial charge in [-0.3, -0.25) is 0 Å². The summed E-state index contributed by atoms with van der Waals surface area (Å²) in [4.78, 5) is 8.71. The maximum atomic E-state index is 12.9. The predicted molar refractivity (Wildman–Crippen MR) is 70.0 cm³/mol. The van der Waals surface area contributed by atoms with E-state index in [2.05, 4.69) is 15.3 Å². The fourth-order valence-electron chi connectivity index (χ4n) is 1.87. The van der Waals surface area contributed by atoms with Crippen molar-refractivity contribution in [2.24, 2.45) is 0 Å². The van der Waals surface area contributed by atoms with E-state index in [1.54, 1.807) is 12.1 Å². The molecule has 1 N–H and O–H groups in total. The number of pyridine rings is 1. The van der Waals surface area contributed by atoms with Crippen molar-refractivity contribution in [2.75, 3.05) is 7.05 Å². The van der Waals surface area contributed by atoms with Crippen LogP contribution in [0.1, 0.15) is 5.89 Å². The number of fused-ring (bicyclic) bond motifs is 1. The molecule has 1 aromatic carbocycles. The van der Waals surface area contributed by atoms with Gasteiger partial charge < -0.3 is 9.73 Å². The third-order valence-corrected chi connectivity index (χ3v) is 2.77. The molecule has 0 aliphatic carbocycles. The van der Waals surface area contributed by atoms with Crippen LogP contribution in [0.25, 0.3) is 22.5 Å². The molecule has 0 saturated carbocycles. The minimum absolute atomic E-state index is 0.262. The molecule has 0 aliphatic rings. The van der Waals surface area contributed by atoms with Crippen molar-refractivity contribution in [2.45, 2.75) is 6.54 Å². The van der Waals surface area contributed by atoms with Crippen LogP contribution in [0.15, 0.2) is 40.8 Å². The Kier molecular flexibility index (Phi) is 2.97. The Bertz CT molecular complexity index is 706. The van der Waals surface area contributed by atoms with Gasteiger partial charge in [-0.15, -0.1) is 0 Å². The molecule has 3 aromatic rings. The van der Waals surface area contributed by atoms with E-state index in [0.29, 0.717) is 23.7 Å². The fourth-order valence-corrected chi connectivity index (χ4v) is 1.87. The maximum Gasteiger partial charge on any atom is 0.211 e. The largest absolute Gasteiger partial charge is 0.438 e. The van der Waals surface area contributed by atoms with Crippen LogP contribution in [0.5, 0.6) is 0 Å². The van der Waals surface area contributed by atoms with Crippen molar-refractivity contribution in [3.63, 3.8) is 0 Å². The van der Waals surface area contributed by atoms with E-state index in [9.17, 15) is 4.39 Å². The van der Waals surface area contributed by atoms with Crippen LogP contribution in [-0.4, -0.2) is 17.0 Å². The zero-order chi connectivity index (χ0) is 13.2. The van der Waals surface area contributed by atoms with Crippen molar-refractivity contribution in [1.82, 2.24) is 15.3 Å². The van der Waals surface area contributed by atoms with Crippen molar-refractivity contribution >= 4 is 11.2 Å². The number of hydrogen-bond donors (Lipinski definition) is 1. The quantitative estimate of drug-likeness (QED) is 0.783. The van der Waals surface area contributed by atoms with Crippen molar-refractivity contribution < 1.29 is 8.81 Å². The zero-order valence-corrected chi connectivity index (χ0v) is 10.4. The topological polar surface area (TPSA) is 51.0 Å². The van der Waals surface area contributed by atoms with Gasteiger partial charge in [0.2, 0.25) is 5.89 Å². The highest BCUT2D eigenvalue weighted by Gasteiger charge is 2.08. The van der Waals surface area contributed by atoms with Gasteiger partial charge in [-0.25, -0.2) is 9.37 Å². The zero-order valence-electron chi connectivity index (χ0n) is 10.4. The third-order valence-electron chi connectivity index (χ3n) is 2.77. The molecule has 4 nitrogen and oxygen atoms in total. The van der Waals surface area contributed by atoms with Gasteiger partial charge in [-0.2, -0.15) is 4.98 Å². The van der Waals surface area contributed by atoms with Gasteiger partial charge >= 0.3 is 0 Å². The maximum absolute atomic E-state index is 12.9. The summed E-state index contributed by atoms with van der Waals surface area (Å²) in [6.45, 7) is 0.558. The molecule has 0 radical (unpaired) electrons. The van der Waals surface area contributed by atoms with Crippen LogP contribution in [0.3, 0.4) is 0 Å². The summed E-state index contributed by atoms with van der Waals surface area (Å²) in [5.41, 5.74) is 2.81. The van der Waals surface area contributed by atoms with Crippen LogP contribution in [0.4, 0.5) is 4.39 Å². The molecule has 2 heterocycles. The van der Waals surface area contributed by atoms with Gasteiger partial charge in [0.05, 0.1) is 12.2 Å². The van der Waals surface area contributed by atoms with E-state index in [1.165, 1.54) is 12.1 Å². The van der Waals surface area contributed by atoms with Gasteiger partial charge in [-0.05, 0) is 43.4 Å². The molecule has 96 valence electrons. The van der Waals surface area contributed by atoms with E-state index < -0.39 is 0 Å². The Hall–Kier alpha value is -2.27. The van der Waals surface area contributed by atoms with Crippen LogP contribution >= 0.6 is 0 Å². The minimum atomic E-state index is -0.262. The molecule has 0 atom stereocenters. The summed E-state index contributed by atoms with van der Waals surface area (Å²) in [6.07, 6.45) is 0. The number of nitrogens with zero attached hydrogens (tertiary/aromatic N) is 2. The Balaban J connectivity index is 2.03. The molecule has 5 heteroatoms. The molecule has 3 rings (SSSR count). The van der Waals surface area contributed by atoms with Crippen molar-refractivity contribution in [1.29, 1.82) is 0 Å². The molecule has 0 unspecified atom stereocenters. The van der Waals surface area contributed by atoms with Crippen LogP contribution in [0, 0.1) is 5.82 Å². The normalized spacial score (nSPS) is 11.1. The van der Waals surface area contributed by atoms with Crippen LogP contribution in [-0.2, 0) is 6.54 Å². The van der Waals surface area contributed by atoms with Gasteiger partial charge in [0, 0.05) is 5.56 Å². The average molecular weight is 257 g/mol. The minimum Gasteiger partial charge on any atom is -0.438 e. The monoisotopic (exact) mass is 257 g/mol. The first-order valence-corrected chi connectivity index (χ1v) is 5.93. The molecule has 2 aromatic heterocycles. The van der Waals surface area contributed by atoms with E-state index in [0.717, 1.165) is 11.3 Å². The van der Waals surface area contributed by atoms with E-state index in [1.807, 2.05) is 19.2 Å². The number of hydrogen-bond acceptors (Lipinski definition) is 4. The van der Waals surface area contributed by atoms with E-state index in [-0.39, 0.29) is 5.82 Å². The lowest BCUT2D eigenvalue weighted by molar-refractivity contribution is 0.511. The summed E-state index contributed by atoms with van der Waals surface area (Å²) in [5.74, 6) is 0.337. The lowest BCUT2D eigenvalue weighted by Crippen LogP contribution is -2.04. The Morgan fingerprint density at radius 3 is 2.63 bits per heavy atom. The molecule has 19 heavy (non-hydrogen) atoms. The summed E-state index contributed by atoms with van der Waals surface area (Å²) in [5, 5.41) is 2.97. The van der Waals surface area contributed by atoms with Gasteiger partial charge in [0.25, 0.3) is 0 Å². The number of halogens is 1. The van der Waals surface area contributed by atoms with Crippen molar-refractivity contribution in [3.8, 4) is 11.3 Å². The molecule has 0 fully saturated rings. The number of rotatable bonds is 3. The summed E-state index contributed by atoms with van der Waals surface area (Å²) in [6, 6.07) is 9.88. The SMILES string of the molecule is CNCc1nc2nc(-c3ccc(F)cc3)ccc2o1. The molecular weight excluding hydrogens is 245 g/mol. The summed E-state index contributed by atoms with van der Waals surface area (Å²) in [7, 11) is 1.83. The number of benzene rings is 1. The van der Waals surface area contributed by atoms with Gasteiger partial charge in [0.15, 0.2) is 11.2 Å². The number of aromatic nitrogens is 2. The first-order valence-electron chi connectivity index (χ1n) is 5.93. The molecule has 0 aliphatic heterocycles. The van der Waals surface area contributed by atoms with Crippen LogP contribution in [0.2, 0.25) is 0 Å². The second-order valence-corrected chi connectivity index (χ2v) is 4.16. The van der Waals surface area contributed by atoms with Crippen LogP contribution < -0.4 is 5.32 Å². The second kappa shape index (κ2) is 4.78. The highest BCUT2D eigenvalue weighted by atomic mass is 19.1. The first-order chi connectivity index (χ1) is 9.26. The molecule has 0 saturated heterocycles. The molecule has 0 amide bonds. The molecule has 0 bridgehead atoms.